The number of carbonyl (C=O) groups is 2. The van der Waals surface area contributed by atoms with Gasteiger partial charge in [-0.15, -0.1) is 0 Å². The van der Waals surface area contributed by atoms with Crippen LogP contribution >= 0.6 is 0 Å². The van der Waals surface area contributed by atoms with Crippen LogP contribution in [0.15, 0.2) is 33.7 Å². The van der Waals surface area contributed by atoms with E-state index in [1.807, 2.05) is 0 Å². The van der Waals surface area contributed by atoms with Gasteiger partial charge in [-0.2, -0.15) is 17.9 Å². The topological polar surface area (TPSA) is 113 Å². The van der Waals surface area contributed by atoms with Gasteiger partial charge < -0.3 is 14.3 Å². The third kappa shape index (κ3) is 5.36. The standard InChI is InChI=1S/C20H23F3N4O5S/c1-12-17(14(3)32-24-12)33(30,31)25-13(2)18(28)26-8-10-27(11-9-26)19(29)15-4-6-16(7-5-15)20(21,22)23/h4-7,13,25H,8-11H2,1-3H3/t13-/m0/s1. The minimum atomic E-state index is -4.49. The second-order valence-electron chi connectivity index (χ2n) is 7.69. The third-order valence-corrected chi connectivity index (χ3v) is 7.06. The van der Waals surface area contributed by atoms with Crippen molar-refractivity contribution >= 4 is 21.8 Å². The number of sulfonamides is 1. The highest BCUT2D eigenvalue weighted by Gasteiger charge is 2.33. The van der Waals surface area contributed by atoms with E-state index in [2.05, 4.69) is 9.88 Å². The molecule has 1 atom stereocenters. The smallest absolute Gasteiger partial charge is 0.360 e. The lowest BCUT2D eigenvalue weighted by molar-refractivity contribution is -0.137. The van der Waals surface area contributed by atoms with Gasteiger partial charge in [-0.3, -0.25) is 9.59 Å². The molecular weight excluding hydrogens is 465 g/mol. The van der Waals surface area contributed by atoms with E-state index in [1.54, 1.807) is 0 Å². The predicted octanol–water partition coefficient (Wildman–Crippen LogP) is 1.96. The predicted molar refractivity (Wildman–Crippen MR) is 110 cm³/mol. The van der Waals surface area contributed by atoms with Gasteiger partial charge >= 0.3 is 6.18 Å². The van der Waals surface area contributed by atoms with Gasteiger partial charge in [-0.1, -0.05) is 5.16 Å². The van der Waals surface area contributed by atoms with E-state index in [0.29, 0.717) is 0 Å². The first-order chi connectivity index (χ1) is 15.3. The highest BCUT2D eigenvalue weighted by atomic mass is 32.2. The molecule has 33 heavy (non-hydrogen) atoms. The number of benzene rings is 1. The fraction of sp³-hybridized carbons (Fsp3) is 0.450. The zero-order chi connectivity index (χ0) is 24.6. The van der Waals surface area contributed by atoms with Crippen molar-refractivity contribution in [3.8, 4) is 0 Å². The summed E-state index contributed by atoms with van der Waals surface area (Å²) in [5.41, 5.74) is -0.555. The number of amides is 2. The van der Waals surface area contributed by atoms with Gasteiger partial charge in [-0.05, 0) is 45.0 Å². The fourth-order valence-electron chi connectivity index (χ4n) is 3.59. The van der Waals surface area contributed by atoms with Gasteiger partial charge in [-0.25, -0.2) is 8.42 Å². The molecule has 13 heteroatoms. The van der Waals surface area contributed by atoms with Crippen molar-refractivity contribution in [2.75, 3.05) is 26.2 Å². The molecule has 0 unspecified atom stereocenters. The van der Waals surface area contributed by atoms with Crippen LogP contribution in [0.4, 0.5) is 13.2 Å². The molecule has 2 heterocycles. The molecule has 3 rings (SSSR count). The van der Waals surface area contributed by atoms with Crippen molar-refractivity contribution in [1.29, 1.82) is 0 Å². The number of alkyl halides is 3. The lowest BCUT2D eigenvalue weighted by Crippen LogP contribution is -2.55. The van der Waals surface area contributed by atoms with Gasteiger partial charge in [0.15, 0.2) is 5.76 Å². The minimum Gasteiger partial charge on any atom is -0.360 e. The number of carbonyl (C=O) groups excluding carboxylic acids is 2. The van der Waals surface area contributed by atoms with Crippen LogP contribution in [0.2, 0.25) is 0 Å². The minimum absolute atomic E-state index is 0.107. The number of halogens is 3. The first kappa shape index (κ1) is 24.7. The van der Waals surface area contributed by atoms with Crippen LogP contribution in [0.3, 0.4) is 0 Å². The highest BCUT2D eigenvalue weighted by Crippen LogP contribution is 2.29. The molecule has 1 aromatic heterocycles. The van der Waals surface area contributed by atoms with Crippen molar-refractivity contribution < 1.29 is 35.7 Å². The number of aryl methyl sites for hydroxylation is 2. The number of rotatable bonds is 5. The summed E-state index contributed by atoms with van der Waals surface area (Å²) in [4.78, 5) is 28.1. The average Bonchev–Trinajstić information content (AvgIpc) is 3.10. The summed E-state index contributed by atoms with van der Waals surface area (Å²) in [6, 6.07) is 2.86. The second-order valence-corrected chi connectivity index (χ2v) is 9.34. The van der Waals surface area contributed by atoms with Crippen LogP contribution in [-0.4, -0.2) is 67.4 Å². The molecule has 180 valence electrons. The van der Waals surface area contributed by atoms with E-state index in [-0.39, 0.29) is 48.1 Å². The maximum Gasteiger partial charge on any atom is 0.416 e. The Bertz CT molecular complexity index is 1120. The van der Waals surface area contributed by atoms with Crippen LogP contribution in [0.25, 0.3) is 0 Å². The summed E-state index contributed by atoms with van der Waals surface area (Å²) in [5.74, 6) is -0.801. The zero-order valence-corrected chi connectivity index (χ0v) is 19.0. The first-order valence-corrected chi connectivity index (χ1v) is 11.5. The number of nitrogens with one attached hydrogen (secondary N) is 1. The largest absolute Gasteiger partial charge is 0.416 e. The Labute approximate surface area is 188 Å². The van der Waals surface area contributed by atoms with Crippen molar-refractivity contribution in [1.82, 2.24) is 19.7 Å². The number of nitrogens with zero attached hydrogens (tertiary/aromatic N) is 3. The maximum atomic E-state index is 12.7. The summed E-state index contributed by atoms with van der Waals surface area (Å²) in [6.45, 7) is 4.98. The molecule has 1 aliphatic rings. The molecule has 1 aliphatic heterocycles. The Balaban J connectivity index is 1.59. The van der Waals surface area contributed by atoms with Gasteiger partial charge in [0.05, 0.1) is 11.6 Å². The third-order valence-electron chi connectivity index (χ3n) is 5.28. The molecule has 0 saturated carbocycles. The number of hydrogen-bond donors (Lipinski definition) is 1. The number of hydrogen-bond acceptors (Lipinski definition) is 6. The van der Waals surface area contributed by atoms with E-state index >= 15 is 0 Å². The summed E-state index contributed by atoms with van der Waals surface area (Å²) < 4.78 is 70.5. The van der Waals surface area contributed by atoms with E-state index < -0.39 is 39.6 Å². The van der Waals surface area contributed by atoms with Crippen LogP contribution in [0, 0.1) is 13.8 Å². The van der Waals surface area contributed by atoms with Crippen LogP contribution in [0.5, 0.6) is 0 Å². The van der Waals surface area contributed by atoms with E-state index in [4.69, 9.17) is 4.52 Å². The molecule has 1 saturated heterocycles. The molecule has 0 bridgehead atoms. The lowest BCUT2D eigenvalue weighted by Gasteiger charge is -2.36. The van der Waals surface area contributed by atoms with Crippen LogP contribution in [0.1, 0.15) is 34.3 Å². The van der Waals surface area contributed by atoms with Gasteiger partial charge in [0.2, 0.25) is 15.9 Å². The second kappa shape index (κ2) is 9.14. The molecule has 0 aliphatic carbocycles. The Morgan fingerprint density at radius 3 is 2.09 bits per heavy atom. The Morgan fingerprint density at radius 1 is 1.06 bits per heavy atom. The lowest BCUT2D eigenvalue weighted by atomic mass is 10.1. The van der Waals surface area contributed by atoms with Crippen molar-refractivity contribution in [3.63, 3.8) is 0 Å². The van der Waals surface area contributed by atoms with Crippen molar-refractivity contribution in [2.24, 2.45) is 0 Å². The fourth-order valence-corrected chi connectivity index (χ4v) is 5.11. The molecule has 1 N–H and O–H groups in total. The van der Waals surface area contributed by atoms with Crippen LogP contribution < -0.4 is 4.72 Å². The monoisotopic (exact) mass is 488 g/mol. The normalized spacial score (nSPS) is 16.1. The maximum absolute atomic E-state index is 12.7. The number of aromatic nitrogens is 1. The average molecular weight is 488 g/mol. The molecule has 9 nitrogen and oxygen atoms in total. The zero-order valence-electron chi connectivity index (χ0n) is 18.1. The van der Waals surface area contributed by atoms with E-state index in [1.165, 1.54) is 30.6 Å². The summed E-state index contributed by atoms with van der Waals surface area (Å²) >= 11 is 0. The van der Waals surface area contributed by atoms with Gasteiger partial charge in [0.1, 0.15) is 10.6 Å². The Morgan fingerprint density at radius 2 is 1.61 bits per heavy atom. The first-order valence-electron chi connectivity index (χ1n) is 10.0. The molecule has 0 spiro atoms. The van der Waals surface area contributed by atoms with Crippen LogP contribution in [-0.2, 0) is 21.0 Å². The Kier molecular flexibility index (Phi) is 6.84. The quantitative estimate of drug-likeness (QED) is 0.689. The SMILES string of the molecule is Cc1noc(C)c1S(=O)(=O)N[C@@H](C)C(=O)N1CCN(C(=O)c2ccc(C(F)(F)F)cc2)CC1. The summed E-state index contributed by atoms with van der Waals surface area (Å²) in [5, 5.41) is 3.61. The van der Waals surface area contributed by atoms with Gasteiger partial charge in [0, 0.05) is 31.7 Å². The number of piperazine rings is 1. The summed E-state index contributed by atoms with van der Waals surface area (Å²) in [6.07, 6.45) is -4.49. The van der Waals surface area contributed by atoms with Crippen molar-refractivity contribution in [3.05, 3.63) is 46.8 Å². The Hall–Kier alpha value is -2.93. The molecular formula is C20H23F3N4O5S. The van der Waals surface area contributed by atoms with Crippen molar-refractivity contribution in [2.45, 2.75) is 37.9 Å². The van der Waals surface area contributed by atoms with E-state index in [9.17, 15) is 31.2 Å². The molecule has 0 radical (unpaired) electrons. The molecule has 1 aromatic carbocycles. The highest BCUT2D eigenvalue weighted by molar-refractivity contribution is 7.89. The molecule has 1 fully saturated rings. The van der Waals surface area contributed by atoms with Gasteiger partial charge in [0.25, 0.3) is 5.91 Å². The van der Waals surface area contributed by atoms with E-state index in [0.717, 1.165) is 24.3 Å². The molecule has 2 aromatic rings. The summed E-state index contributed by atoms with van der Waals surface area (Å²) in [7, 11) is -4.03. The molecule has 2 amide bonds.